The number of likely N-dealkylation sites (tertiary alicyclic amines) is 1. The minimum atomic E-state index is -0.964. The summed E-state index contributed by atoms with van der Waals surface area (Å²) < 4.78 is 19.7. The lowest BCUT2D eigenvalue weighted by atomic mass is 9.66. The van der Waals surface area contributed by atoms with Crippen LogP contribution in [0.1, 0.15) is 40.7 Å². The Kier molecular flexibility index (Phi) is 7.57. The van der Waals surface area contributed by atoms with Gasteiger partial charge in [-0.3, -0.25) is 14.5 Å². The summed E-state index contributed by atoms with van der Waals surface area (Å²) in [6, 6.07) is 13.4. The number of aliphatic carboxylic acids is 1. The van der Waals surface area contributed by atoms with Crippen LogP contribution in [0.2, 0.25) is 0 Å². The molecule has 0 amide bonds. The lowest BCUT2D eigenvalue weighted by Crippen LogP contribution is -2.57. The van der Waals surface area contributed by atoms with Crippen LogP contribution in [0.5, 0.6) is 0 Å². The van der Waals surface area contributed by atoms with Crippen LogP contribution in [-0.2, 0) is 9.53 Å². The van der Waals surface area contributed by atoms with Crippen LogP contribution in [0.4, 0.5) is 4.39 Å². The summed E-state index contributed by atoms with van der Waals surface area (Å²) in [5.41, 5.74) is 1.55. The van der Waals surface area contributed by atoms with Crippen molar-refractivity contribution < 1.29 is 23.8 Å². The highest BCUT2D eigenvalue weighted by Crippen LogP contribution is 2.44. The van der Waals surface area contributed by atoms with Gasteiger partial charge in [-0.05, 0) is 30.5 Å². The number of carboxylic acids is 1. The Morgan fingerprint density at radius 3 is 2.48 bits per heavy atom. The molecule has 4 unspecified atom stereocenters. The number of piperidine rings is 1. The topological polar surface area (TPSA) is 66.8 Å². The smallest absolute Gasteiger partial charge is 0.308 e. The van der Waals surface area contributed by atoms with E-state index < -0.39 is 23.7 Å². The molecule has 0 bridgehead atoms. The second-order valence-corrected chi connectivity index (χ2v) is 8.14. The number of hydrogen-bond donors (Lipinski definition) is 1. The predicted molar refractivity (Wildman–Crippen MR) is 117 cm³/mol. The fraction of sp³-hybridized carbons (Fsp3) is 0.440. The molecular formula is C25H30FNO4. The van der Waals surface area contributed by atoms with Gasteiger partial charge in [0, 0.05) is 43.6 Å². The van der Waals surface area contributed by atoms with E-state index in [1.54, 1.807) is 50.4 Å². The third kappa shape index (κ3) is 4.70. The molecule has 166 valence electrons. The number of carbonyl (C=O) groups excluding carboxylic acids is 1. The van der Waals surface area contributed by atoms with Gasteiger partial charge >= 0.3 is 5.97 Å². The Morgan fingerprint density at radius 1 is 1.16 bits per heavy atom. The summed E-state index contributed by atoms with van der Waals surface area (Å²) in [7, 11) is 1.60. The number of benzene rings is 2. The number of halogens is 1. The Bertz CT molecular complexity index is 917. The molecule has 2 aromatic rings. The third-order valence-electron chi connectivity index (χ3n) is 6.48. The molecular weight excluding hydrogens is 397 g/mol. The molecule has 0 saturated carbocycles. The van der Waals surface area contributed by atoms with E-state index >= 15 is 0 Å². The Hall–Kier alpha value is -2.57. The van der Waals surface area contributed by atoms with Crippen molar-refractivity contribution in [3.63, 3.8) is 0 Å². The zero-order chi connectivity index (χ0) is 22.5. The van der Waals surface area contributed by atoms with E-state index in [0.29, 0.717) is 42.8 Å². The summed E-state index contributed by atoms with van der Waals surface area (Å²) in [5.74, 6) is -3.53. The lowest BCUT2D eigenvalue weighted by molar-refractivity contribution is -0.148. The molecule has 0 radical (unpaired) electrons. The second kappa shape index (κ2) is 10.2. The molecule has 5 nitrogen and oxygen atoms in total. The number of carbonyl (C=O) groups is 2. The van der Waals surface area contributed by atoms with Gasteiger partial charge in [-0.15, -0.1) is 0 Å². The molecule has 1 N–H and O–H groups in total. The molecule has 1 aliphatic heterocycles. The summed E-state index contributed by atoms with van der Waals surface area (Å²) in [6.45, 7) is 4.99. The molecule has 1 fully saturated rings. The number of ketones is 1. The van der Waals surface area contributed by atoms with Gasteiger partial charge in [0.25, 0.3) is 0 Å². The number of Topliss-reactive ketones (excluding diaryl/α,β-unsaturated/α-hetero) is 1. The van der Waals surface area contributed by atoms with Crippen LogP contribution < -0.4 is 0 Å². The monoisotopic (exact) mass is 427 g/mol. The molecule has 0 aliphatic carbocycles. The normalized spacial score (nSPS) is 24.1. The van der Waals surface area contributed by atoms with Crippen LogP contribution >= 0.6 is 0 Å². The molecule has 31 heavy (non-hydrogen) atoms. The van der Waals surface area contributed by atoms with E-state index in [-0.39, 0.29) is 17.6 Å². The van der Waals surface area contributed by atoms with Gasteiger partial charge in [-0.25, -0.2) is 4.39 Å². The average molecular weight is 428 g/mol. The summed E-state index contributed by atoms with van der Waals surface area (Å²) in [6.07, 6.45) is 0.609. The van der Waals surface area contributed by atoms with Gasteiger partial charge in [0.1, 0.15) is 5.82 Å². The fourth-order valence-electron chi connectivity index (χ4n) is 4.97. The van der Waals surface area contributed by atoms with Gasteiger partial charge in [0.2, 0.25) is 0 Å². The van der Waals surface area contributed by atoms with Crippen molar-refractivity contribution >= 4 is 11.8 Å². The van der Waals surface area contributed by atoms with Gasteiger partial charge in [-0.1, -0.05) is 49.4 Å². The van der Waals surface area contributed by atoms with Crippen molar-refractivity contribution in [2.75, 3.05) is 26.8 Å². The van der Waals surface area contributed by atoms with Gasteiger partial charge in [-0.2, -0.15) is 0 Å². The van der Waals surface area contributed by atoms with E-state index in [9.17, 15) is 19.1 Å². The highest BCUT2D eigenvalue weighted by molar-refractivity contribution is 5.99. The summed E-state index contributed by atoms with van der Waals surface area (Å²) in [5, 5.41) is 10.3. The first kappa shape index (κ1) is 23.1. The average Bonchev–Trinajstić information content (AvgIpc) is 2.78. The standard InChI is InChI=1S/C25H30FNO4/c1-4-21-23(25(29)30)22(18-11-8-12-20(26)16(18)2)19(15-27(21)13-14-31-3)24(28)17-9-6-5-7-10-17/h5-12,19,21-23H,4,13-15H2,1-3H3,(H,29,30). The minimum Gasteiger partial charge on any atom is -0.481 e. The number of carboxylic acid groups (broad SMARTS) is 1. The van der Waals surface area contributed by atoms with Crippen molar-refractivity contribution in [2.24, 2.45) is 11.8 Å². The van der Waals surface area contributed by atoms with Crippen molar-refractivity contribution in [1.29, 1.82) is 0 Å². The number of rotatable bonds is 8. The van der Waals surface area contributed by atoms with Crippen LogP contribution in [-0.4, -0.2) is 54.6 Å². The molecule has 1 saturated heterocycles. The van der Waals surface area contributed by atoms with Crippen molar-refractivity contribution in [2.45, 2.75) is 32.2 Å². The highest BCUT2D eigenvalue weighted by atomic mass is 19.1. The summed E-state index contributed by atoms with van der Waals surface area (Å²) in [4.78, 5) is 28.2. The SMILES string of the molecule is CCC1C(C(=O)O)C(c2cccc(F)c2C)C(C(=O)c2ccccc2)CN1CCOC. The first-order valence-electron chi connectivity index (χ1n) is 10.7. The molecule has 3 rings (SSSR count). The summed E-state index contributed by atoms with van der Waals surface area (Å²) >= 11 is 0. The molecule has 1 heterocycles. The zero-order valence-corrected chi connectivity index (χ0v) is 18.3. The molecule has 2 aromatic carbocycles. The molecule has 1 aliphatic rings. The predicted octanol–water partition coefficient (Wildman–Crippen LogP) is 4.16. The van der Waals surface area contributed by atoms with E-state index in [1.807, 2.05) is 13.0 Å². The molecule has 0 aromatic heterocycles. The van der Waals surface area contributed by atoms with Crippen molar-refractivity contribution in [3.05, 3.63) is 71.0 Å². The largest absolute Gasteiger partial charge is 0.481 e. The van der Waals surface area contributed by atoms with Crippen LogP contribution in [0.15, 0.2) is 48.5 Å². The first-order valence-corrected chi connectivity index (χ1v) is 10.7. The fourth-order valence-corrected chi connectivity index (χ4v) is 4.97. The number of nitrogens with zero attached hydrogens (tertiary/aromatic N) is 1. The number of methoxy groups -OCH3 is 1. The van der Waals surface area contributed by atoms with Gasteiger partial charge in [0.05, 0.1) is 12.5 Å². The van der Waals surface area contributed by atoms with Crippen LogP contribution in [0.25, 0.3) is 0 Å². The van der Waals surface area contributed by atoms with E-state index in [0.717, 1.165) is 0 Å². The quantitative estimate of drug-likeness (QED) is 0.641. The van der Waals surface area contributed by atoms with Crippen LogP contribution in [0.3, 0.4) is 0 Å². The lowest BCUT2D eigenvalue weighted by Gasteiger charge is -2.47. The highest BCUT2D eigenvalue weighted by Gasteiger charge is 2.49. The number of ether oxygens (including phenoxy) is 1. The second-order valence-electron chi connectivity index (χ2n) is 8.14. The molecule has 0 spiro atoms. The van der Waals surface area contributed by atoms with Gasteiger partial charge in [0.15, 0.2) is 5.78 Å². The molecule has 6 heteroatoms. The Morgan fingerprint density at radius 2 is 1.87 bits per heavy atom. The maximum Gasteiger partial charge on any atom is 0.308 e. The Balaban J connectivity index is 2.15. The molecule has 4 atom stereocenters. The Labute approximate surface area is 182 Å². The van der Waals surface area contributed by atoms with Crippen LogP contribution in [0, 0.1) is 24.6 Å². The van der Waals surface area contributed by atoms with E-state index in [4.69, 9.17) is 4.74 Å². The first-order chi connectivity index (χ1) is 14.9. The number of hydrogen-bond acceptors (Lipinski definition) is 4. The minimum absolute atomic E-state index is 0.113. The van der Waals surface area contributed by atoms with E-state index in [2.05, 4.69) is 4.90 Å². The maximum absolute atomic E-state index is 14.5. The van der Waals surface area contributed by atoms with Crippen molar-refractivity contribution in [1.82, 2.24) is 4.90 Å². The van der Waals surface area contributed by atoms with E-state index in [1.165, 1.54) is 6.07 Å². The third-order valence-corrected chi connectivity index (χ3v) is 6.48. The van der Waals surface area contributed by atoms with Crippen molar-refractivity contribution in [3.8, 4) is 0 Å². The maximum atomic E-state index is 14.5. The zero-order valence-electron chi connectivity index (χ0n) is 18.3. The van der Waals surface area contributed by atoms with Gasteiger partial charge < -0.3 is 9.84 Å².